The third kappa shape index (κ3) is 24.8. The van der Waals surface area contributed by atoms with Gasteiger partial charge in [-0.15, -0.1) is 5.06 Å². The van der Waals surface area contributed by atoms with Crippen molar-refractivity contribution in [3.05, 3.63) is 71.3 Å². The molecule has 3 aromatic rings. The molecule has 2 saturated heterocycles. The molecule has 2 aliphatic heterocycles. The smallest absolute Gasteiger partial charge is 0.490 e. The summed E-state index contributed by atoms with van der Waals surface area (Å²) in [6.45, 7) is 8.80. The van der Waals surface area contributed by atoms with Crippen molar-refractivity contribution in [2.45, 2.75) is 113 Å². The minimum atomic E-state index is -1.21. The fourth-order valence-electron chi connectivity index (χ4n) is 5.86. The Hall–Kier alpha value is -8.29. The Morgan fingerprint density at radius 2 is 0.827 bits per heavy atom. The molecule has 25 nitrogen and oxygen atoms in total. The summed E-state index contributed by atoms with van der Waals surface area (Å²) in [5.74, 6) is -2.18. The molecule has 0 aromatic heterocycles. The summed E-state index contributed by atoms with van der Waals surface area (Å²) in [5, 5.41) is 18.9. The van der Waals surface area contributed by atoms with Crippen LogP contribution >= 0.6 is 0 Å². The first kappa shape index (κ1) is 62.8. The van der Waals surface area contributed by atoms with Gasteiger partial charge in [0.2, 0.25) is 0 Å². The van der Waals surface area contributed by atoms with Gasteiger partial charge in [0.15, 0.2) is 34.5 Å². The first-order valence-corrected chi connectivity index (χ1v) is 23.0. The van der Waals surface area contributed by atoms with Crippen LogP contribution in [-0.2, 0) is 82.2 Å². The molecule has 2 fully saturated rings. The van der Waals surface area contributed by atoms with Crippen LogP contribution in [0.25, 0.3) is 0 Å². The second-order valence-electron chi connectivity index (χ2n) is 15.8. The van der Waals surface area contributed by atoms with Crippen molar-refractivity contribution in [1.82, 2.24) is 10.1 Å². The van der Waals surface area contributed by atoms with Crippen molar-refractivity contribution >= 4 is 65.2 Å². The van der Waals surface area contributed by atoms with E-state index < -0.39 is 53.7 Å². The van der Waals surface area contributed by atoms with E-state index in [9.17, 15) is 52.7 Å². The molecule has 4 amide bonds. The summed E-state index contributed by atoms with van der Waals surface area (Å²) in [6.07, 6.45) is 0.897. The summed E-state index contributed by atoms with van der Waals surface area (Å²) in [6, 6.07) is 14.2. The van der Waals surface area contributed by atoms with Crippen LogP contribution in [0.5, 0.6) is 34.5 Å². The van der Waals surface area contributed by atoms with Gasteiger partial charge in [-0.2, -0.15) is 0 Å². The maximum atomic E-state index is 11.7. The number of aliphatic hydroxyl groups is 2. The van der Waals surface area contributed by atoms with E-state index in [1.54, 1.807) is 42.5 Å². The second kappa shape index (κ2) is 33.4. The van der Waals surface area contributed by atoms with Gasteiger partial charge in [0.05, 0.1) is 26.4 Å². The van der Waals surface area contributed by atoms with E-state index in [0.717, 1.165) is 6.92 Å². The maximum absolute atomic E-state index is 11.7. The number of hydrogen-bond donors (Lipinski definition) is 3. The second-order valence-corrected chi connectivity index (χ2v) is 15.8. The number of hydroxylamine groups is 4. The number of ketones is 2. The molecular weight excluding hydrogens is 995 g/mol. The summed E-state index contributed by atoms with van der Waals surface area (Å²) in [4.78, 5) is 130. The number of ether oxygens (including phenoxy) is 7. The molecule has 75 heavy (non-hydrogen) atoms. The maximum Gasteiger partial charge on any atom is 0.534 e. The Morgan fingerprint density at radius 3 is 1.16 bits per heavy atom. The summed E-state index contributed by atoms with van der Waals surface area (Å²) in [7, 11) is 0. The fraction of sp³-hybridized carbons (Fsp3) is 0.420. The number of Topliss-reactive ketones (excluding diaryl/α,β-unsaturated/α-hetero) is 2. The van der Waals surface area contributed by atoms with Gasteiger partial charge in [0.1, 0.15) is 24.8 Å². The van der Waals surface area contributed by atoms with Gasteiger partial charge >= 0.3 is 30.0 Å². The zero-order valence-corrected chi connectivity index (χ0v) is 42.3. The van der Waals surface area contributed by atoms with Crippen LogP contribution in [0.15, 0.2) is 54.6 Å². The van der Waals surface area contributed by atoms with Crippen LogP contribution in [0.4, 0.5) is 4.79 Å². The van der Waals surface area contributed by atoms with Gasteiger partial charge in [-0.25, -0.2) is 9.59 Å². The van der Waals surface area contributed by atoms with E-state index in [0.29, 0.717) is 95.3 Å². The van der Waals surface area contributed by atoms with E-state index in [-0.39, 0.29) is 75.2 Å². The third-order valence-electron chi connectivity index (χ3n) is 9.14. The number of hydrogen-bond acceptors (Lipinski definition) is 23. The normalized spacial score (nSPS) is 12.3. The topological polar surface area (TPSA) is 344 Å². The van der Waals surface area contributed by atoms with Crippen LogP contribution in [0.3, 0.4) is 0 Å². The SMILES string of the molecule is CC(=O)CCCOc1cc(CO)ccc1OC(C)=O.CC(=O)CCCOc1cc(COC(=O)ON2C(=O)CCC2=O)ccc1OC(C)=O.CC(=O)ON1C(=O)CCC1=O.CC(=O)Oc1ccc(CO)cc1OCCN. The third-order valence-corrected chi connectivity index (χ3v) is 9.14. The number of nitrogens with two attached hydrogens (primary N) is 1. The van der Waals surface area contributed by atoms with Gasteiger partial charge in [-0.1, -0.05) is 23.3 Å². The van der Waals surface area contributed by atoms with E-state index in [4.69, 9.17) is 49.1 Å². The molecule has 0 spiro atoms. The average Bonchev–Trinajstić information content (AvgIpc) is 3.84. The molecule has 5 rings (SSSR count). The van der Waals surface area contributed by atoms with E-state index in [1.165, 1.54) is 46.8 Å². The highest BCUT2D eigenvalue weighted by atomic mass is 16.8. The minimum absolute atomic E-state index is 0.0198. The number of benzene rings is 3. The highest BCUT2D eigenvalue weighted by Gasteiger charge is 2.34. The molecule has 0 radical (unpaired) electrons. The summed E-state index contributed by atoms with van der Waals surface area (Å²) in [5.41, 5.74) is 7.15. The fourth-order valence-corrected chi connectivity index (χ4v) is 5.86. The molecule has 4 N–H and O–H groups in total. The predicted octanol–water partition coefficient (Wildman–Crippen LogP) is 3.98. The van der Waals surface area contributed by atoms with Crippen LogP contribution < -0.4 is 34.2 Å². The standard InChI is InChI=1S/C19H21NO9.C14H18O5.C11H15NO4.C6H7NO4/c1-12(21)4-3-9-26-16-10-14(5-6-15(16)28-13(2)22)11-27-19(25)29-20-17(23)7-8-18(20)24;1-10(16)4-3-7-18-14-8-12(9-15)5-6-13(14)19-11(2)17;1-8(14)16-10-3-2-9(7-13)6-11(10)15-5-4-12;1-4(8)11-7-5(9)2-3-6(7)10/h5-6,10H,3-4,7-9,11H2,1-2H3;5-6,8,15H,3-4,7,9H2,1-2H3;2-3,6,13H,4-5,7,12H2,1H3;2-3H2,1H3. The number of carbonyl (C=O) groups excluding carboxylic acids is 11. The molecule has 0 bridgehead atoms. The lowest BCUT2D eigenvalue weighted by Crippen LogP contribution is -2.32. The van der Waals surface area contributed by atoms with Gasteiger partial charge in [-0.05, 0) is 79.8 Å². The quantitative estimate of drug-likeness (QED) is 0.0554. The van der Waals surface area contributed by atoms with Crippen molar-refractivity contribution in [2.24, 2.45) is 5.73 Å². The molecule has 0 saturated carbocycles. The lowest BCUT2D eigenvalue weighted by Gasteiger charge is -2.14. The van der Waals surface area contributed by atoms with Crippen molar-refractivity contribution in [3.8, 4) is 34.5 Å². The van der Waals surface area contributed by atoms with Gasteiger partial charge < -0.3 is 63.5 Å². The van der Waals surface area contributed by atoms with Gasteiger partial charge in [0.25, 0.3) is 23.6 Å². The Kier molecular flexibility index (Phi) is 28.0. The van der Waals surface area contributed by atoms with Gasteiger partial charge in [0, 0.05) is 72.8 Å². The number of rotatable bonds is 22. The molecule has 0 unspecified atom stereocenters. The van der Waals surface area contributed by atoms with Crippen molar-refractivity contribution in [1.29, 1.82) is 0 Å². The zero-order valence-electron chi connectivity index (χ0n) is 42.3. The van der Waals surface area contributed by atoms with Crippen LogP contribution in [0.1, 0.15) is 110 Å². The minimum Gasteiger partial charge on any atom is -0.490 e. The number of nitrogens with zero attached hydrogens (tertiary/aromatic N) is 2. The molecule has 408 valence electrons. The number of aliphatic hydroxyl groups excluding tert-OH is 2. The Balaban J connectivity index is 0.000000363. The first-order valence-electron chi connectivity index (χ1n) is 23.0. The zero-order chi connectivity index (χ0) is 56.0. The monoisotopic (exact) mass is 1060 g/mol. The van der Waals surface area contributed by atoms with Crippen molar-refractivity contribution in [2.75, 3.05) is 26.4 Å². The Bertz CT molecular complexity index is 2480. The highest BCUT2D eigenvalue weighted by molar-refractivity contribution is 6.02. The molecular formula is C50H61N3O22. The number of imide groups is 2. The van der Waals surface area contributed by atoms with E-state index in [2.05, 4.69) is 9.68 Å². The van der Waals surface area contributed by atoms with Crippen LogP contribution in [-0.4, -0.2) is 112 Å². The summed E-state index contributed by atoms with van der Waals surface area (Å²) < 4.78 is 36.3. The molecule has 2 heterocycles. The van der Waals surface area contributed by atoms with Crippen molar-refractivity contribution < 1.29 is 106 Å². The molecule has 25 heteroatoms. The van der Waals surface area contributed by atoms with E-state index in [1.807, 2.05) is 0 Å². The number of carbonyl (C=O) groups is 11. The molecule has 2 aliphatic rings. The lowest BCUT2D eigenvalue weighted by molar-refractivity contribution is -0.195. The Morgan fingerprint density at radius 1 is 0.480 bits per heavy atom. The Labute approximate surface area is 430 Å². The number of esters is 3. The summed E-state index contributed by atoms with van der Waals surface area (Å²) >= 11 is 0. The highest BCUT2D eigenvalue weighted by Crippen LogP contribution is 2.31. The van der Waals surface area contributed by atoms with Crippen LogP contribution in [0.2, 0.25) is 0 Å². The number of amides is 4. The molecule has 0 aliphatic carbocycles. The first-order chi connectivity index (χ1) is 35.6. The van der Waals surface area contributed by atoms with Crippen molar-refractivity contribution in [3.63, 3.8) is 0 Å². The molecule has 3 aromatic carbocycles. The largest absolute Gasteiger partial charge is 0.534 e. The van der Waals surface area contributed by atoms with Gasteiger partial charge in [-0.3, -0.25) is 38.4 Å². The van der Waals surface area contributed by atoms with E-state index >= 15 is 0 Å². The van der Waals surface area contributed by atoms with Crippen LogP contribution in [0, 0.1) is 0 Å². The molecule has 0 atom stereocenters. The average molecular weight is 1060 g/mol. The predicted molar refractivity (Wildman–Crippen MR) is 256 cm³/mol. The lowest BCUT2D eigenvalue weighted by atomic mass is 10.2.